The number of carbonyl (C=O) groups is 1. The molecule has 2 aromatic heterocycles. The van der Waals surface area contributed by atoms with Gasteiger partial charge < -0.3 is 0 Å². The van der Waals surface area contributed by atoms with Crippen LogP contribution in [0.5, 0.6) is 0 Å². The summed E-state index contributed by atoms with van der Waals surface area (Å²) < 4.78 is 0. The lowest BCUT2D eigenvalue weighted by molar-refractivity contribution is 0.112. The summed E-state index contributed by atoms with van der Waals surface area (Å²) in [6.07, 6.45) is 4.37. The van der Waals surface area contributed by atoms with E-state index in [2.05, 4.69) is 4.98 Å². The second kappa shape index (κ2) is 4.55. The summed E-state index contributed by atoms with van der Waals surface area (Å²) in [7, 11) is 0. The van der Waals surface area contributed by atoms with Gasteiger partial charge >= 0.3 is 0 Å². The van der Waals surface area contributed by atoms with Crippen molar-refractivity contribution in [3.63, 3.8) is 0 Å². The number of aldehydes is 1. The van der Waals surface area contributed by atoms with Crippen LogP contribution in [-0.2, 0) is 5.88 Å². The highest BCUT2D eigenvalue weighted by molar-refractivity contribution is 7.17. The van der Waals surface area contributed by atoms with Crippen LogP contribution in [0.3, 0.4) is 0 Å². The normalized spacial score (nSPS) is 10.2. The Morgan fingerprint density at radius 2 is 2.27 bits per heavy atom. The molecule has 0 saturated heterocycles. The van der Waals surface area contributed by atoms with E-state index in [1.165, 1.54) is 11.3 Å². The number of halogens is 1. The molecule has 2 heterocycles. The van der Waals surface area contributed by atoms with Crippen LogP contribution in [0.1, 0.15) is 15.2 Å². The number of nitrogens with zero attached hydrogens (tertiary/aromatic N) is 1. The smallest absolute Gasteiger partial charge is 0.160 e. The van der Waals surface area contributed by atoms with E-state index in [1.807, 2.05) is 12.1 Å². The van der Waals surface area contributed by atoms with Gasteiger partial charge in [0.15, 0.2) is 6.29 Å². The predicted molar refractivity (Wildman–Crippen MR) is 62.5 cm³/mol. The lowest BCUT2D eigenvalue weighted by Crippen LogP contribution is -1.82. The Labute approximate surface area is 96.5 Å². The zero-order valence-corrected chi connectivity index (χ0v) is 9.39. The molecule has 0 atom stereocenters. The van der Waals surface area contributed by atoms with Crippen molar-refractivity contribution >= 4 is 29.2 Å². The van der Waals surface area contributed by atoms with Gasteiger partial charge in [0.05, 0.1) is 4.88 Å². The van der Waals surface area contributed by atoms with E-state index in [-0.39, 0.29) is 0 Å². The minimum Gasteiger partial charge on any atom is -0.297 e. The number of aromatic nitrogens is 1. The number of alkyl halides is 1. The summed E-state index contributed by atoms with van der Waals surface area (Å²) in [4.78, 5) is 16.4. The number of hydrogen-bond donors (Lipinski definition) is 0. The molecule has 0 saturated carbocycles. The molecule has 0 aliphatic rings. The van der Waals surface area contributed by atoms with Gasteiger partial charge in [0.1, 0.15) is 0 Å². The fourth-order valence-corrected chi connectivity index (χ4v) is 2.22. The van der Waals surface area contributed by atoms with Gasteiger partial charge in [0, 0.05) is 28.7 Å². The van der Waals surface area contributed by atoms with Crippen molar-refractivity contribution in [1.29, 1.82) is 0 Å². The molecule has 2 rings (SSSR count). The Hall–Kier alpha value is -1.19. The maximum Gasteiger partial charge on any atom is 0.160 e. The molecule has 4 heteroatoms. The van der Waals surface area contributed by atoms with Gasteiger partial charge in [0.25, 0.3) is 0 Å². The molecule has 15 heavy (non-hydrogen) atoms. The molecule has 0 radical (unpaired) electrons. The molecule has 76 valence electrons. The van der Waals surface area contributed by atoms with Gasteiger partial charge in [-0.15, -0.1) is 22.9 Å². The zero-order chi connectivity index (χ0) is 10.7. The molecule has 0 fully saturated rings. The molecule has 0 aromatic carbocycles. The van der Waals surface area contributed by atoms with E-state index in [0.29, 0.717) is 5.88 Å². The van der Waals surface area contributed by atoms with Crippen molar-refractivity contribution in [2.24, 2.45) is 0 Å². The maximum absolute atomic E-state index is 10.5. The Balaban J connectivity index is 2.39. The average molecular weight is 238 g/mol. The molecule has 0 bridgehead atoms. The van der Waals surface area contributed by atoms with Gasteiger partial charge in [0.2, 0.25) is 0 Å². The Kier molecular flexibility index (Phi) is 3.14. The third-order valence-electron chi connectivity index (χ3n) is 1.98. The van der Waals surface area contributed by atoms with Gasteiger partial charge in [-0.1, -0.05) is 0 Å². The van der Waals surface area contributed by atoms with Gasteiger partial charge in [-0.3, -0.25) is 9.78 Å². The van der Waals surface area contributed by atoms with Crippen molar-refractivity contribution in [3.8, 4) is 10.4 Å². The molecule has 0 aliphatic carbocycles. The number of pyridine rings is 1. The molecule has 0 N–H and O–H groups in total. The molecular weight excluding hydrogens is 230 g/mol. The van der Waals surface area contributed by atoms with E-state index in [4.69, 9.17) is 11.6 Å². The second-order valence-electron chi connectivity index (χ2n) is 3.04. The van der Waals surface area contributed by atoms with Gasteiger partial charge in [-0.05, 0) is 23.8 Å². The Bertz CT molecular complexity index is 481. The quantitative estimate of drug-likeness (QED) is 0.605. The Morgan fingerprint density at radius 1 is 1.40 bits per heavy atom. The van der Waals surface area contributed by atoms with Crippen LogP contribution < -0.4 is 0 Å². The van der Waals surface area contributed by atoms with Crippen LogP contribution in [0.4, 0.5) is 0 Å². The van der Waals surface area contributed by atoms with E-state index in [0.717, 1.165) is 27.2 Å². The number of carbonyl (C=O) groups excluding carboxylic acids is 1. The molecule has 2 aromatic rings. The lowest BCUT2D eigenvalue weighted by Gasteiger charge is -1.98. The summed E-state index contributed by atoms with van der Waals surface area (Å²) in [5.74, 6) is 0.451. The van der Waals surface area contributed by atoms with E-state index in [9.17, 15) is 4.79 Å². The summed E-state index contributed by atoms with van der Waals surface area (Å²) in [5, 5.41) is 0. The molecule has 0 amide bonds. The number of thiophene rings is 1. The minimum atomic E-state index is 0.451. The first kappa shape index (κ1) is 10.3. The van der Waals surface area contributed by atoms with Crippen molar-refractivity contribution in [2.75, 3.05) is 0 Å². The minimum absolute atomic E-state index is 0.451. The number of rotatable bonds is 3. The zero-order valence-electron chi connectivity index (χ0n) is 7.81. The average Bonchev–Trinajstić information content (AvgIpc) is 2.78. The topological polar surface area (TPSA) is 30.0 Å². The van der Waals surface area contributed by atoms with E-state index in [1.54, 1.807) is 18.5 Å². The number of hydrogen-bond acceptors (Lipinski definition) is 3. The summed E-state index contributed by atoms with van der Waals surface area (Å²) in [5.41, 5.74) is 1.99. The monoisotopic (exact) mass is 237 g/mol. The highest BCUT2D eigenvalue weighted by Crippen LogP contribution is 2.27. The molecule has 0 aliphatic heterocycles. The highest BCUT2D eigenvalue weighted by atomic mass is 35.5. The van der Waals surface area contributed by atoms with Crippen LogP contribution in [0.25, 0.3) is 10.4 Å². The van der Waals surface area contributed by atoms with Crippen LogP contribution >= 0.6 is 22.9 Å². The lowest BCUT2D eigenvalue weighted by atomic mass is 10.2. The fourth-order valence-electron chi connectivity index (χ4n) is 1.27. The molecular formula is C11H8ClNOS. The van der Waals surface area contributed by atoms with E-state index >= 15 is 0 Å². The van der Waals surface area contributed by atoms with Crippen LogP contribution in [0, 0.1) is 0 Å². The van der Waals surface area contributed by atoms with Crippen molar-refractivity contribution < 1.29 is 4.79 Å². The van der Waals surface area contributed by atoms with Gasteiger partial charge in [-0.2, -0.15) is 0 Å². The standard InChI is InChI=1S/C11H8ClNOS/c12-4-8-3-9(6-13-5-8)11-2-1-10(7-14)15-11/h1-3,5-7H,4H2. The highest BCUT2D eigenvalue weighted by Gasteiger charge is 2.03. The van der Waals surface area contributed by atoms with Gasteiger partial charge in [-0.25, -0.2) is 0 Å². The van der Waals surface area contributed by atoms with E-state index < -0.39 is 0 Å². The van der Waals surface area contributed by atoms with Crippen molar-refractivity contribution in [1.82, 2.24) is 4.98 Å². The van der Waals surface area contributed by atoms with Crippen molar-refractivity contribution in [3.05, 3.63) is 41.0 Å². The first-order valence-corrected chi connectivity index (χ1v) is 5.74. The van der Waals surface area contributed by atoms with Crippen LogP contribution in [0.15, 0.2) is 30.6 Å². The van der Waals surface area contributed by atoms with Crippen molar-refractivity contribution in [2.45, 2.75) is 5.88 Å². The Morgan fingerprint density at radius 3 is 2.93 bits per heavy atom. The summed E-state index contributed by atoms with van der Waals surface area (Å²) in [6, 6.07) is 5.71. The summed E-state index contributed by atoms with van der Waals surface area (Å²) in [6.45, 7) is 0. The molecule has 0 unspecified atom stereocenters. The first-order chi connectivity index (χ1) is 7.33. The predicted octanol–water partition coefficient (Wildman–Crippen LogP) is 3.36. The largest absolute Gasteiger partial charge is 0.297 e. The third kappa shape index (κ3) is 2.25. The van der Waals surface area contributed by atoms with Crippen LogP contribution in [0.2, 0.25) is 0 Å². The third-order valence-corrected chi connectivity index (χ3v) is 3.34. The molecule has 2 nitrogen and oxygen atoms in total. The maximum atomic E-state index is 10.5. The first-order valence-electron chi connectivity index (χ1n) is 4.39. The molecule has 0 spiro atoms. The van der Waals surface area contributed by atoms with Crippen LogP contribution in [-0.4, -0.2) is 11.3 Å². The fraction of sp³-hybridized carbons (Fsp3) is 0.0909. The second-order valence-corrected chi connectivity index (χ2v) is 4.42. The SMILES string of the molecule is O=Cc1ccc(-c2cncc(CCl)c2)s1. The summed E-state index contributed by atoms with van der Waals surface area (Å²) >= 11 is 7.18.